The molecule has 2 atom stereocenters. The largest absolute Gasteiger partial charge is 0.497 e. The summed E-state index contributed by atoms with van der Waals surface area (Å²) in [5.41, 5.74) is 1.43. The Hall–Kier alpha value is -3.03. The molecule has 0 fully saturated rings. The van der Waals surface area contributed by atoms with Crippen molar-refractivity contribution in [2.24, 2.45) is 5.92 Å². The third-order valence-corrected chi connectivity index (χ3v) is 4.26. The second-order valence-electron chi connectivity index (χ2n) is 5.89. The fourth-order valence-electron chi connectivity index (χ4n) is 2.67. The second kappa shape index (κ2) is 7.25. The number of aromatic nitrogens is 5. The number of nitrogens with one attached hydrogen (secondary N) is 1. The van der Waals surface area contributed by atoms with E-state index in [1.54, 1.807) is 13.3 Å². The van der Waals surface area contributed by atoms with Gasteiger partial charge in [-0.15, -0.1) is 5.10 Å². The van der Waals surface area contributed by atoms with E-state index in [4.69, 9.17) is 4.74 Å². The first kappa shape index (κ1) is 16.8. The normalized spacial score (nSPS) is 13.4. The minimum Gasteiger partial charge on any atom is -0.497 e. The minimum absolute atomic E-state index is 0.0844. The van der Waals surface area contributed by atoms with Gasteiger partial charge in [0.1, 0.15) is 18.1 Å². The van der Waals surface area contributed by atoms with Crippen molar-refractivity contribution in [3.8, 4) is 5.75 Å². The van der Waals surface area contributed by atoms with E-state index in [-0.39, 0.29) is 11.8 Å². The molecule has 1 amide bonds. The molecule has 0 aliphatic carbocycles. The Kier molecular flexibility index (Phi) is 4.87. The van der Waals surface area contributed by atoms with Gasteiger partial charge >= 0.3 is 0 Å². The maximum absolute atomic E-state index is 12.8. The number of carbonyl (C=O) groups excluding carboxylic acids is 1. The Labute approximate surface area is 145 Å². The van der Waals surface area contributed by atoms with Crippen molar-refractivity contribution in [2.75, 3.05) is 12.4 Å². The van der Waals surface area contributed by atoms with E-state index in [2.05, 4.69) is 25.8 Å². The van der Waals surface area contributed by atoms with Crippen LogP contribution in [0.1, 0.15) is 26.3 Å². The van der Waals surface area contributed by atoms with Gasteiger partial charge in [0.25, 0.3) is 0 Å². The van der Waals surface area contributed by atoms with E-state index in [0.29, 0.717) is 5.69 Å². The molecule has 8 heteroatoms. The van der Waals surface area contributed by atoms with Crippen LogP contribution in [0.15, 0.2) is 36.8 Å². The fourth-order valence-corrected chi connectivity index (χ4v) is 2.67. The smallest absolute Gasteiger partial charge is 0.249 e. The Morgan fingerprint density at radius 2 is 2.20 bits per heavy atom. The molecule has 0 saturated heterocycles. The van der Waals surface area contributed by atoms with E-state index in [1.165, 1.54) is 11.0 Å². The van der Waals surface area contributed by atoms with Crippen LogP contribution in [0.5, 0.6) is 5.75 Å². The van der Waals surface area contributed by atoms with Crippen molar-refractivity contribution in [1.82, 2.24) is 25.2 Å². The lowest BCUT2D eigenvalue weighted by Gasteiger charge is -2.21. The fraction of sp³-hybridized carbons (Fsp3) is 0.353. The van der Waals surface area contributed by atoms with Crippen LogP contribution in [0.4, 0.5) is 5.69 Å². The number of ether oxygens (including phenoxy) is 1. The molecule has 2 heterocycles. The van der Waals surface area contributed by atoms with E-state index in [9.17, 15) is 4.79 Å². The molecule has 0 saturated carbocycles. The SMILES string of the molecule is CCC(C)C(C(=O)Nc1cnc2cc(OC)ccc2c1)n1cnnn1. The number of amides is 1. The molecule has 1 N–H and O–H groups in total. The standard InChI is InChI=1S/C17H20N6O2/c1-4-11(2)16(23-10-19-21-22-23)17(24)20-13-7-12-5-6-14(25-3)8-15(12)18-9-13/h5-11,16H,4H2,1-3H3,(H,20,24). The van der Waals surface area contributed by atoms with Gasteiger partial charge < -0.3 is 10.1 Å². The molecule has 0 aliphatic rings. The average molecular weight is 340 g/mol. The summed E-state index contributed by atoms with van der Waals surface area (Å²) >= 11 is 0. The van der Waals surface area contributed by atoms with Gasteiger partial charge in [-0.25, -0.2) is 4.68 Å². The number of hydrogen-bond donors (Lipinski definition) is 1. The predicted molar refractivity (Wildman–Crippen MR) is 93.2 cm³/mol. The summed E-state index contributed by atoms with van der Waals surface area (Å²) in [6, 6.07) is 7.02. The van der Waals surface area contributed by atoms with Crippen molar-refractivity contribution in [2.45, 2.75) is 26.3 Å². The molecule has 8 nitrogen and oxygen atoms in total. The van der Waals surface area contributed by atoms with Crippen LogP contribution in [0.3, 0.4) is 0 Å². The van der Waals surface area contributed by atoms with Gasteiger partial charge in [0, 0.05) is 11.5 Å². The monoisotopic (exact) mass is 340 g/mol. The summed E-state index contributed by atoms with van der Waals surface area (Å²) in [6.45, 7) is 4.02. The van der Waals surface area contributed by atoms with Crippen molar-refractivity contribution in [3.63, 3.8) is 0 Å². The molecule has 2 aromatic heterocycles. The first-order valence-corrected chi connectivity index (χ1v) is 8.09. The molecule has 0 bridgehead atoms. The van der Waals surface area contributed by atoms with Crippen LogP contribution in [-0.2, 0) is 4.79 Å². The van der Waals surface area contributed by atoms with Crippen LogP contribution in [0, 0.1) is 5.92 Å². The molecule has 0 spiro atoms. The molecule has 0 radical (unpaired) electrons. The van der Waals surface area contributed by atoms with Crippen LogP contribution in [-0.4, -0.2) is 38.2 Å². The number of anilines is 1. The highest BCUT2D eigenvalue weighted by Crippen LogP contribution is 2.24. The zero-order valence-electron chi connectivity index (χ0n) is 14.4. The lowest BCUT2D eigenvalue weighted by atomic mass is 9.98. The summed E-state index contributed by atoms with van der Waals surface area (Å²) in [4.78, 5) is 17.2. The Bertz CT molecular complexity index is 865. The Morgan fingerprint density at radius 1 is 1.36 bits per heavy atom. The van der Waals surface area contributed by atoms with Crippen molar-refractivity contribution >= 4 is 22.5 Å². The third kappa shape index (κ3) is 3.57. The zero-order chi connectivity index (χ0) is 17.8. The van der Waals surface area contributed by atoms with E-state index in [1.807, 2.05) is 38.1 Å². The van der Waals surface area contributed by atoms with E-state index >= 15 is 0 Å². The van der Waals surface area contributed by atoms with Gasteiger partial charge in [-0.2, -0.15) is 0 Å². The van der Waals surface area contributed by atoms with Crippen LogP contribution in [0.2, 0.25) is 0 Å². The maximum Gasteiger partial charge on any atom is 0.249 e. The van der Waals surface area contributed by atoms with Gasteiger partial charge in [0.15, 0.2) is 0 Å². The van der Waals surface area contributed by atoms with Gasteiger partial charge in [0.05, 0.1) is 24.5 Å². The van der Waals surface area contributed by atoms with Crippen LogP contribution >= 0.6 is 0 Å². The number of nitrogens with zero attached hydrogens (tertiary/aromatic N) is 5. The highest BCUT2D eigenvalue weighted by atomic mass is 16.5. The summed E-state index contributed by atoms with van der Waals surface area (Å²) in [5, 5.41) is 15.0. The zero-order valence-corrected chi connectivity index (χ0v) is 14.4. The molecule has 3 aromatic rings. The number of methoxy groups -OCH3 is 1. The lowest BCUT2D eigenvalue weighted by molar-refractivity contribution is -0.121. The summed E-state index contributed by atoms with van der Waals surface area (Å²) < 4.78 is 6.69. The first-order valence-electron chi connectivity index (χ1n) is 8.09. The number of carbonyl (C=O) groups is 1. The molecule has 1 aromatic carbocycles. The number of fused-ring (bicyclic) bond motifs is 1. The topological polar surface area (TPSA) is 94.8 Å². The summed E-state index contributed by atoms with van der Waals surface area (Å²) in [6.07, 6.45) is 3.92. The second-order valence-corrected chi connectivity index (χ2v) is 5.89. The minimum atomic E-state index is -0.480. The highest BCUT2D eigenvalue weighted by molar-refractivity contribution is 5.95. The number of pyridine rings is 1. The number of benzene rings is 1. The highest BCUT2D eigenvalue weighted by Gasteiger charge is 2.27. The summed E-state index contributed by atoms with van der Waals surface area (Å²) in [5.74, 6) is 0.657. The average Bonchev–Trinajstić information content (AvgIpc) is 3.15. The molecular formula is C17H20N6O2. The quantitative estimate of drug-likeness (QED) is 0.740. The molecule has 3 rings (SSSR count). The number of rotatable bonds is 6. The maximum atomic E-state index is 12.8. The first-order chi connectivity index (χ1) is 12.1. The van der Waals surface area contributed by atoms with Gasteiger partial charge in [0.2, 0.25) is 5.91 Å². The van der Waals surface area contributed by atoms with Crippen molar-refractivity contribution in [3.05, 3.63) is 36.8 Å². The third-order valence-electron chi connectivity index (χ3n) is 4.26. The number of hydrogen-bond acceptors (Lipinski definition) is 6. The van der Waals surface area contributed by atoms with E-state index < -0.39 is 6.04 Å². The lowest BCUT2D eigenvalue weighted by Crippen LogP contribution is -2.31. The van der Waals surface area contributed by atoms with Crippen LogP contribution in [0.25, 0.3) is 10.9 Å². The Balaban J connectivity index is 1.84. The molecular weight excluding hydrogens is 320 g/mol. The van der Waals surface area contributed by atoms with Crippen LogP contribution < -0.4 is 10.1 Å². The van der Waals surface area contributed by atoms with Crippen molar-refractivity contribution in [1.29, 1.82) is 0 Å². The van der Waals surface area contributed by atoms with Gasteiger partial charge in [-0.1, -0.05) is 20.3 Å². The Morgan fingerprint density at radius 3 is 2.88 bits per heavy atom. The molecule has 0 aliphatic heterocycles. The summed E-state index contributed by atoms with van der Waals surface area (Å²) in [7, 11) is 1.61. The molecule has 130 valence electrons. The van der Waals surface area contributed by atoms with Crippen molar-refractivity contribution < 1.29 is 9.53 Å². The molecule has 25 heavy (non-hydrogen) atoms. The van der Waals surface area contributed by atoms with Gasteiger partial charge in [-0.3, -0.25) is 9.78 Å². The van der Waals surface area contributed by atoms with E-state index in [0.717, 1.165) is 23.1 Å². The number of tetrazole rings is 1. The van der Waals surface area contributed by atoms with Gasteiger partial charge in [-0.05, 0) is 34.5 Å². The molecule has 2 unspecified atom stereocenters. The predicted octanol–water partition coefficient (Wildman–Crippen LogP) is 2.46.